The van der Waals surface area contributed by atoms with Gasteiger partial charge in [0.2, 0.25) is 0 Å². The van der Waals surface area contributed by atoms with E-state index < -0.39 is 0 Å². The summed E-state index contributed by atoms with van der Waals surface area (Å²) < 4.78 is 5.06. The summed E-state index contributed by atoms with van der Waals surface area (Å²) in [5.41, 5.74) is 14.9. The lowest BCUT2D eigenvalue weighted by Gasteiger charge is -2.12. The molecule has 0 aliphatic heterocycles. The largest absolute Gasteiger partial charge is 0.309 e. The van der Waals surface area contributed by atoms with E-state index in [9.17, 15) is 0 Å². The lowest BCUT2D eigenvalue weighted by atomic mass is 9.97. The highest BCUT2D eigenvalue weighted by molar-refractivity contribution is 7.26. The fraction of sp³-hybridized carbons (Fsp3) is 0. The van der Waals surface area contributed by atoms with Crippen molar-refractivity contribution < 1.29 is 0 Å². The van der Waals surface area contributed by atoms with Crippen LogP contribution in [0.4, 0.5) is 0 Å². The van der Waals surface area contributed by atoms with Gasteiger partial charge < -0.3 is 4.57 Å². The third-order valence-electron chi connectivity index (χ3n) is 11.0. The van der Waals surface area contributed by atoms with Gasteiger partial charge in [-0.1, -0.05) is 152 Å². The summed E-state index contributed by atoms with van der Waals surface area (Å²) in [5, 5.41) is 5.13. The maximum Gasteiger partial charge on any atom is 0.0715 e. The Hall–Kier alpha value is -7.07. The molecular formula is C53H34N2S. The van der Waals surface area contributed by atoms with Gasteiger partial charge in [-0.3, -0.25) is 0 Å². The SMILES string of the molecule is c1ccc(-c2cc(-c3ccccc3)nc(-c3ccc(-n4c5ccccc5c5cc(-c6cccc(-c7cccc8c7sc7ccccc78)c6)ccc54)cc3)c2)cc1. The molecule has 0 unspecified atom stereocenters. The van der Waals surface area contributed by atoms with Crippen LogP contribution in [0, 0.1) is 0 Å². The fourth-order valence-electron chi connectivity index (χ4n) is 8.29. The summed E-state index contributed by atoms with van der Waals surface area (Å²) in [6, 6.07) is 74.4. The number of aromatic nitrogens is 2. The Balaban J connectivity index is 0.987. The van der Waals surface area contributed by atoms with Crippen LogP contribution >= 0.6 is 11.3 Å². The van der Waals surface area contributed by atoms with E-state index in [0.29, 0.717) is 0 Å². The summed E-state index contributed by atoms with van der Waals surface area (Å²) in [6.07, 6.45) is 0. The normalized spacial score (nSPS) is 11.6. The highest BCUT2D eigenvalue weighted by Gasteiger charge is 2.16. The highest BCUT2D eigenvalue weighted by Crippen LogP contribution is 2.41. The fourth-order valence-corrected chi connectivity index (χ4v) is 9.52. The molecule has 11 rings (SSSR count). The number of hydrogen-bond acceptors (Lipinski definition) is 2. The van der Waals surface area contributed by atoms with Gasteiger partial charge in [-0.05, 0) is 88.0 Å². The van der Waals surface area contributed by atoms with Crippen LogP contribution in [0.1, 0.15) is 0 Å². The van der Waals surface area contributed by atoms with E-state index in [4.69, 9.17) is 4.98 Å². The van der Waals surface area contributed by atoms with Crippen molar-refractivity contribution in [3.8, 4) is 61.6 Å². The van der Waals surface area contributed by atoms with Crippen LogP contribution < -0.4 is 0 Å². The van der Waals surface area contributed by atoms with Gasteiger partial charge in [0, 0.05) is 47.8 Å². The molecule has 2 nitrogen and oxygen atoms in total. The van der Waals surface area contributed by atoms with Crippen molar-refractivity contribution >= 4 is 53.3 Å². The van der Waals surface area contributed by atoms with Gasteiger partial charge in [-0.2, -0.15) is 0 Å². The minimum atomic E-state index is 0.953. The van der Waals surface area contributed by atoms with Crippen LogP contribution in [0.5, 0.6) is 0 Å². The third-order valence-corrected chi connectivity index (χ3v) is 12.2. The second-order valence-electron chi connectivity index (χ2n) is 14.4. The molecule has 56 heavy (non-hydrogen) atoms. The van der Waals surface area contributed by atoms with Crippen molar-refractivity contribution in [3.05, 3.63) is 206 Å². The molecular weight excluding hydrogens is 697 g/mol. The molecule has 0 fully saturated rings. The van der Waals surface area contributed by atoms with Crippen LogP contribution in [-0.4, -0.2) is 9.55 Å². The molecule has 0 spiro atoms. The summed E-state index contributed by atoms with van der Waals surface area (Å²) in [4.78, 5) is 5.17. The summed E-state index contributed by atoms with van der Waals surface area (Å²) in [7, 11) is 0. The van der Waals surface area contributed by atoms with Gasteiger partial charge in [-0.15, -0.1) is 11.3 Å². The zero-order chi connectivity index (χ0) is 37.0. The molecule has 0 saturated carbocycles. The number of hydrogen-bond donors (Lipinski definition) is 0. The second-order valence-corrected chi connectivity index (χ2v) is 15.4. The number of pyridine rings is 1. The third kappa shape index (κ3) is 5.52. The molecule has 3 aromatic heterocycles. The van der Waals surface area contributed by atoms with Crippen LogP contribution in [0.15, 0.2) is 206 Å². The zero-order valence-corrected chi connectivity index (χ0v) is 31.2. The summed E-state index contributed by atoms with van der Waals surface area (Å²) >= 11 is 1.88. The number of benzene rings is 8. The minimum absolute atomic E-state index is 0.953. The molecule has 8 aromatic carbocycles. The molecule has 0 amide bonds. The van der Waals surface area contributed by atoms with Crippen molar-refractivity contribution in [2.45, 2.75) is 0 Å². The standard InChI is InChI=1S/C53H34N2S/c1-3-13-35(14-4-1)41-33-48(36-15-5-2-6-16-36)54-49(34-41)37-25-28-42(29-26-37)55-50-23-9-7-19-44(50)47-32-39(27-30-51(47)55)38-17-11-18-40(31-38)43-21-12-22-46-45-20-8-10-24-52(45)56-53(43)46/h1-34H. The van der Waals surface area contributed by atoms with E-state index in [-0.39, 0.29) is 0 Å². The average molecular weight is 731 g/mol. The Kier molecular flexibility index (Phi) is 7.72. The van der Waals surface area contributed by atoms with Gasteiger partial charge in [-0.25, -0.2) is 4.98 Å². The lowest BCUT2D eigenvalue weighted by Crippen LogP contribution is -1.95. The molecule has 262 valence electrons. The van der Waals surface area contributed by atoms with Gasteiger partial charge in [0.05, 0.1) is 22.4 Å². The molecule has 0 bridgehead atoms. The number of rotatable bonds is 6. The lowest BCUT2D eigenvalue weighted by molar-refractivity contribution is 1.18. The van der Waals surface area contributed by atoms with Gasteiger partial charge >= 0.3 is 0 Å². The van der Waals surface area contributed by atoms with E-state index in [1.165, 1.54) is 69.8 Å². The maximum atomic E-state index is 5.17. The molecule has 0 radical (unpaired) electrons. The van der Waals surface area contributed by atoms with E-state index in [1.807, 2.05) is 17.4 Å². The first-order chi connectivity index (χ1) is 27.7. The number of fused-ring (bicyclic) bond motifs is 6. The monoisotopic (exact) mass is 730 g/mol. The maximum absolute atomic E-state index is 5.17. The average Bonchev–Trinajstić information content (AvgIpc) is 3.83. The topological polar surface area (TPSA) is 17.8 Å². The second kappa shape index (κ2) is 13.3. The summed E-state index contributed by atoms with van der Waals surface area (Å²) in [6.45, 7) is 0. The Morgan fingerprint density at radius 2 is 0.911 bits per heavy atom. The first-order valence-corrected chi connectivity index (χ1v) is 19.8. The Morgan fingerprint density at radius 3 is 1.71 bits per heavy atom. The van der Waals surface area contributed by atoms with Crippen molar-refractivity contribution in [1.82, 2.24) is 9.55 Å². The van der Waals surface area contributed by atoms with Crippen LogP contribution in [0.3, 0.4) is 0 Å². The molecule has 3 heterocycles. The zero-order valence-electron chi connectivity index (χ0n) is 30.4. The first kappa shape index (κ1) is 32.4. The Bertz CT molecular complexity index is 3170. The van der Waals surface area contributed by atoms with E-state index in [1.54, 1.807) is 0 Å². The van der Waals surface area contributed by atoms with Gasteiger partial charge in [0.15, 0.2) is 0 Å². The molecule has 11 aromatic rings. The van der Waals surface area contributed by atoms with E-state index >= 15 is 0 Å². The van der Waals surface area contributed by atoms with Crippen LogP contribution in [0.25, 0.3) is 104 Å². The van der Waals surface area contributed by atoms with Crippen LogP contribution in [0.2, 0.25) is 0 Å². The molecule has 0 aliphatic rings. The smallest absolute Gasteiger partial charge is 0.0715 e. The Labute approximate surface area is 329 Å². The molecule has 0 atom stereocenters. The molecule has 0 saturated heterocycles. The molecule has 0 aliphatic carbocycles. The number of para-hydroxylation sites is 1. The van der Waals surface area contributed by atoms with Crippen LogP contribution in [-0.2, 0) is 0 Å². The van der Waals surface area contributed by atoms with Gasteiger partial charge in [0.1, 0.15) is 0 Å². The predicted octanol–water partition coefficient (Wildman–Crippen LogP) is 14.9. The molecule has 0 N–H and O–H groups in total. The highest BCUT2D eigenvalue weighted by atomic mass is 32.1. The first-order valence-electron chi connectivity index (χ1n) is 19.0. The van der Waals surface area contributed by atoms with Gasteiger partial charge in [0.25, 0.3) is 0 Å². The summed E-state index contributed by atoms with van der Waals surface area (Å²) in [5.74, 6) is 0. The van der Waals surface area contributed by atoms with Crippen molar-refractivity contribution in [2.24, 2.45) is 0 Å². The Morgan fingerprint density at radius 1 is 0.339 bits per heavy atom. The van der Waals surface area contributed by atoms with Crippen molar-refractivity contribution in [3.63, 3.8) is 0 Å². The van der Waals surface area contributed by atoms with Crippen molar-refractivity contribution in [2.75, 3.05) is 0 Å². The van der Waals surface area contributed by atoms with E-state index in [0.717, 1.165) is 33.8 Å². The number of nitrogens with zero attached hydrogens (tertiary/aromatic N) is 2. The minimum Gasteiger partial charge on any atom is -0.309 e. The number of thiophene rings is 1. The molecule has 3 heteroatoms. The van der Waals surface area contributed by atoms with E-state index in [2.05, 4.69) is 205 Å². The van der Waals surface area contributed by atoms with Crippen molar-refractivity contribution in [1.29, 1.82) is 0 Å². The quantitative estimate of drug-likeness (QED) is 0.167. The predicted molar refractivity (Wildman–Crippen MR) is 239 cm³/mol.